The number of hydrogen-bond donors (Lipinski definition) is 0. The molecular weight excluding hydrogens is 295 g/mol. The van der Waals surface area contributed by atoms with E-state index in [2.05, 4.69) is 0 Å². The standard InChI is InChI=1S/C16H9BN2O4/c20-13-9-5-1-2-6-10(9)14(21)18(13)17-19-15(22)11-7-3-4-8-12(11)16(19)23/h1-8,17H. The van der Waals surface area contributed by atoms with Gasteiger partial charge in [0.15, 0.2) is 0 Å². The number of amides is 4. The predicted octanol–water partition coefficient (Wildman–Crippen LogP) is 0.845. The fourth-order valence-electron chi connectivity index (χ4n) is 2.88. The lowest BCUT2D eigenvalue weighted by molar-refractivity contribution is 0.0719. The molecule has 0 saturated carbocycles. The van der Waals surface area contributed by atoms with Crippen LogP contribution in [0.2, 0.25) is 0 Å². The number of carbonyl (C=O) groups excluding carboxylic acids is 4. The number of hydrogen-bond acceptors (Lipinski definition) is 4. The van der Waals surface area contributed by atoms with Crippen molar-refractivity contribution in [1.29, 1.82) is 0 Å². The highest BCUT2D eigenvalue weighted by atomic mass is 16.2. The largest absolute Gasteiger partial charge is 0.378 e. The van der Waals surface area contributed by atoms with Crippen molar-refractivity contribution in [2.75, 3.05) is 0 Å². The Kier molecular flexibility index (Phi) is 2.71. The molecular formula is C16H9BN2O4. The smallest absolute Gasteiger partial charge is 0.301 e. The molecule has 2 aliphatic rings. The van der Waals surface area contributed by atoms with Crippen LogP contribution in [0.25, 0.3) is 0 Å². The molecule has 0 aliphatic carbocycles. The maximum Gasteiger partial charge on any atom is 0.378 e. The van der Waals surface area contributed by atoms with E-state index in [1.54, 1.807) is 48.5 Å². The number of imide groups is 2. The Balaban J connectivity index is 1.66. The van der Waals surface area contributed by atoms with Crippen molar-refractivity contribution < 1.29 is 19.2 Å². The summed E-state index contributed by atoms with van der Waals surface area (Å²) in [6.07, 6.45) is 0. The summed E-state index contributed by atoms with van der Waals surface area (Å²) in [5, 5.41) is 0. The Hall–Kier alpha value is -3.22. The summed E-state index contributed by atoms with van der Waals surface area (Å²) >= 11 is 0. The van der Waals surface area contributed by atoms with Crippen LogP contribution in [0.4, 0.5) is 0 Å². The topological polar surface area (TPSA) is 74.8 Å². The SMILES string of the molecule is O=C1c2ccccc2C(=O)N1BN1C(=O)c2ccccc2C1=O. The minimum Gasteiger partial charge on any atom is -0.301 e. The van der Waals surface area contributed by atoms with Crippen LogP contribution >= 0.6 is 0 Å². The zero-order valence-corrected chi connectivity index (χ0v) is 11.9. The Morgan fingerprint density at radius 2 is 0.783 bits per heavy atom. The van der Waals surface area contributed by atoms with Gasteiger partial charge in [-0.1, -0.05) is 24.3 Å². The van der Waals surface area contributed by atoms with Crippen molar-refractivity contribution in [3.05, 3.63) is 70.8 Å². The second-order valence-electron chi connectivity index (χ2n) is 5.31. The first-order chi connectivity index (χ1) is 11.1. The number of nitrogens with zero attached hydrogens (tertiary/aromatic N) is 2. The third-order valence-electron chi connectivity index (χ3n) is 4.04. The van der Waals surface area contributed by atoms with Gasteiger partial charge in [0.1, 0.15) is 0 Å². The summed E-state index contributed by atoms with van der Waals surface area (Å²) in [7, 11) is -0.376. The molecule has 0 atom stereocenters. The quantitative estimate of drug-likeness (QED) is 0.609. The van der Waals surface area contributed by atoms with Crippen LogP contribution in [0.3, 0.4) is 0 Å². The Morgan fingerprint density at radius 1 is 0.522 bits per heavy atom. The lowest BCUT2D eigenvalue weighted by Gasteiger charge is -2.19. The third kappa shape index (κ3) is 1.76. The first kappa shape index (κ1) is 13.4. The molecule has 23 heavy (non-hydrogen) atoms. The van der Waals surface area contributed by atoms with E-state index in [0.29, 0.717) is 0 Å². The van der Waals surface area contributed by atoms with Crippen LogP contribution in [0.1, 0.15) is 41.4 Å². The van der Waals surface area contributed by atoms with Gasteiger partial charge in [0.05, 0.1) is 22.3 Å². The second-order valence-corrected chi connectivity index (χ2v) is 5.31. The summed E-state index contributed by atoms with van der Waals surface area (Å²) in [6.45, 7) is 0. The van der Waals surface area contributed by atoms with Gasteiger partial charge >= 0.3 is 7.55 Å². The minimum atomic E-state index is -0.498. The van der Waals surface area contributed by atoms with Crippen LogP contribution in [-0.4, -0.2) is 40.8 Å². The highest BCUT2D eigenvalue weighted by Gasteiger charge is 2.43. The average molecular weight is 304 g/mol. The van der Waals surface area contributed by atoms with E-state index in [1.807, 2.05) is 0 Å². The zero-order chi connectivity index (χ0) is 16.1. The lowest BCUT2D eigenvalue weighted by Crippen LogP contribution is -2.47. The highest BCUT2D eigenvalue weighted by Crippen LogP contribution is 2.25. The van der Waals surface area contributed by atoms with Crippen molar-refractivity contribution in [3.8, 4) is 0 Å². The van der Waals surface area contributed by atoms with Crippen LogP contribution < -0.4 is 0 Å². The molecule has 110 valence electrons. The van der Waals surface area contributed by atoms with Gasteiger partial charge in [0, 0.05) is 0 Å². The molecule has 2 aromatic rings. The second kappa shape index (κ2) is 4.64. The fourth-order valence-corrected chi connectivity index (χ4v) is 2.88. The highest BCUT2D eigenvalue weighted by molar-refractivity contribution is 6.54. The van der Waals surface area contributed by atoms with E-state index in [0.717, 1.165) is 9.62 Å². The number of rotatable bonds is 2. The summed E-state index contributed by atoms with van der Waals surface area (Å²) in [6, 6.07) is 12.9. The molecule has 7 heteroatoms. The molecule has 0 saturated heterocycles. The molecule has 2 aromatic carbocycles. The summed E-state index contributed by atoms with van der Waals surface area (Å²) in [5.74, 6) is -1.99. The molecule has 0 radical (unpaired) electrons. The van der Waals surface area contributed by atoms with Gasteiger partial charge in [-0.3, -0.25) is 19.2 Å². The van der Waals surface area contributed by atoms with E-state index < -0.39 is 23.6 Å². The lowest BCUT2D eigenvalue weighted by atomic mass is 10.0. The van der Waals surface area contributed by atoms with E-state index in [1.165, 1.54) is 0 Å². The van der Waals surface area contributed by atoms with Crippen molar-refractivity contribution in [1.82, 2.24) is 9.62 Å². The van der Waals surface area contributed by atoms with Gasteiger partial charge in [0.2, 0.25) is 0 Å². The number of benzene rings is 2. The molecule has 4 amide bonds. The van der Waals surface area contributed by atoms with Gasteiger partial charge in [-0.2, -0.15) is 0 Å². The average Bonchev–Trinajstić information content (AvgIpc) is 2.97. The first-order valence-corrected chi connectivity index (χ1v) is 7.00. The first-order valence-electron chi connectivity index (χ1n) is 7.00. The van der Waals surface area contributed by atoms with Crippen molar-refractivity contribution in [2.24, 2.45) is 0 Å². The molecule has 4 rings (SSSR count). The number of carbonyl (C=O) groups is 4. The summed E-state index contributed by atoms with van der Waals surface area (Å²) < 4.78 is 0. The van der Waals surface area contributed by atoms with Crippen LogP contribution in [-0.2, 0) is 0 Å². The predicted molar refractivity (Wildman–Crippen MR) is 81.0 cm³/mol. The normalized spacial score (nSPS) is 16.0. The molecule has 0 bridgehead atoms. The van der Waals surface area contributed by atoms with Crippen LogP contribution in [0.15, 0.2) is 48.5 Å². The molecule has 0 spiro atoms. The van der Waals surface area contributed by atoms with E-state index in [4.69, 9.17) is 0 Å². The van der Waals surface area contributed by atoms with Gasteiger partial charge in [-0.25, -0.2) is 0 Å². The maximum atomic E-state index is 12.3. The van der Waals surface area contributed by atoms with Crippen LogP contribution in [0, 0.1) is 0 Å². The Morgan fingerprint density at radius 3 is 1.04 bits per heavy atom. The van der Waals surface area contributed by atoms with E-state index >= 15 is 0 Å². The molecule has 0 unspecified atom stereocenters. The molecule has 0 aromatic heterocycles. The van der Waals surface area contributed by atoms with Crippen LogP contribution in [0.5, 0.6) is 0 Å². The van der Waals surface area contributed by atoms with Gasteiger partial charge in [-0.15, -0.1) is 0 Å². The van der Waals surface area contributed by atoms with Crippen molar-refractivity contribution in [3.63, 3.8) is 0 Å². The summed E-state index contributed by atoms with van der Waals surface area (Å²) in [4.78, 5) is 51.2. The molecule has 2 aliphatic heterocycles. The van der Waals surface area contributed by atoms with E-state index in [9.17, 15) is 19.2 Å². The van der Waals surface area contributed by atoms with Gasteiger partial charge < -0.3 is 9.62 Å². The summed E-state index contributed by atoms with van der Waals surface area (Å²) in [5.41, 5.74) is 1.14. The van der Waals surface area contributed by atoms with Crippen molar-refractivity contribution >= 4 is 31.2 Å². The number of fused-ring (bicyclic) bond motifs is 2. The molecule has 6 nitrogen and oxygen atoms in total. The maximum absolute atomic E-state index is 12.3. The molecule has 0 N–H and O–H groups in total. The Labute approximate surface area is 131 Å². The minimum absolute atomic E-state index is 0.286. The Bertz CT molecular complexity index is 765. The third-order valence-corrected chi connectivity index (χ3v) is 4.04. The van der Waals surface area contributed by atoms with E-state index in [-0.39, 0.29) is 29.8 Å². The molecule has 0 fully saturated rings. The van der Waals surface area contributed by atoms with Crippen molar-refractivity contribution in [2.45, 2.75) is 0 Å². The van der Waals surface area contributed by atoms with Gasteiger partial charge in [-0.05, 0) is 24.3 Å². The molecule has 2 heterocycles. The van der Waals surface area contributed by atoms with Gasteiger partial charge in [0.25, 0.3) is 23.6 Å². The fraction of sp³-hybridized carbons (Fsp3) is 0. The monoisotopic (exact) mass is 304 g/mol. The zero-order valence-electron chi connectivity index (χ0n) is 11.9.